The van der Waals surface area contributed by atoms with Gasteiger partial charge in [-0.25, -0.2) is 9.78 Å². The number of carbonyl (C=O) groups is 3. The van der Waals surface area contributed by atoms with E-state index in [4.69, 9.17) is 0 Å². The average Bonchev–Trinajstić information content (AvgIpc) is 3.29. The lowest BCUT2D eigenvalue weighted by Gasteiger charge is -2.46. The molecule has 0 saturated carbocycles. The quantitative estimate of drug-likeness (QED) is 0.417. The molecule has 10 nitrogen and oxygen atoms in total. The van der Waals surface area contributed by atoms with Gasteiger partial charge in [-0.1, -0.05) is 6.92 Å². The van der Waals surface area contributed by atoms with E-state index in [-0.39, 0.29) is 53.9 Å². The number of nitrogens with zero attached hydrogens (tertiary/aromatic N) is 4. The predicted octanol–water partition coefficient (Wildman–Crippen LogP) is 1.06. The van der Waals surface area contributed by atoms with E-state index in [0.29, 0.717) is 23.7 Å². The van der Waals surface area contributed by atoms with Gasteiger partial charge < -0.3 is 30.0 Å². The summed E-state index contributed by atoms with van der Waals surface area (Å²) in [5.41, 5.74) is 0.397. The van der Waals surface area contributed by atoms with Gasteiger partial charge in [0.05, 0.1) is 24.7 Å². The second-order valence-corrected chi connectivity index (χ2v) is 11.4. The molecule has 4 rings (SSSR count). The summed E-state index contributed by atoms with van der Waals surface area (Å²) in [6.45, 7) is 8.71. The lowest BCUT2D eigenvalue weighted by Crippen LogP contribution is -2.63. The van der Waals surface area contributed by atoms with Crippen molar-refractivity contribution in [2.45, 2.75) is 51.1 Å². The summed E-state index contributed by atoms with van der Waals surface area (Å²) >= 11 is 2.87. The highest BCUT2D eigenvalue weighted by molar-refractivity contribution is 8.03. The van der Waals surface area contributed by atoms with Gasteiger partial charge in [0, 0.05) is 47.1 Å². The van der Waals surface area contributed by atoms with E-state index in [1.165, 1.54) is 28.0 Å². The van der Waals surface area contributed by atoms with Gasteiger partial charge in [-0.2, -0.15) is 0 Å². The lowest BCUT2D eigenvalue weighted by atomic mass is 9.79. The Kier molecular flexibility index (Phi) is 6.96. The van der Waals surface area contributed by atoms with E-state index in [0.717, 1.165) is 5.13 Å². The Morgan fingerprint density at radius 2 is 2.00 bits per heavy atom. The van der Waals surface area contributed by atoms with E-state index in [1.807, 2.05) is 25.7 Å². The Hall–Kier alpha value is -2.15. The molecular formula is C22H30N4O6S2. The molecule has 2 unspecified atom stereocenters. The maximum absolute atomic E-state index is 12.7. The zero-order valence-corrected chi connectivity index (χ0v) is 21.2. The molecule has 3 N–H and O–H groups in total. The second-order valence-electron chi connectivity index (χ2n) is 9.25. The van der Waals surface area contributed by atoms with E-state index in [2.05, 4.69) is 4.98 Å². The molecule has 2 fully saturated rings. The number of carbonyl (C=O) groups excluding carboxylic acids is 2. The van der Waals surface area contributed by atoms with Crippen LogP contribution in [0, 0.1) is 11.8 Å². The molecule has 4 heterocycles. The maximum atomic E-state index is 12.7. The van der Waals surface area contributed by atoms with Gasteiger partial charge in [0.2, 0.25) is 5.91 Å². The van der Waals surface area contributed by atoms with Crippen LogP contribution in [0.4, 0.5) is 5.13 Å². The number of thioether (sulfide) groups is 1. The molecule has 0 aromatic carbocycles. The minimum absolute atomic E-state index is 0.0441. The van der Waals surface area contributed by atoms with Crippen molar-refractivity contribution >= 4 is 46.0 Å². The first-order chi connectivity index (χ1) is 16.1. The van der Waals surface area contributed by atoms with Gasteiger partial charge in [-0.05, 0) is 20.8 Å². The standard InChI is InChI=1S/C22H30N4O6S2/c1-10(2)25(5-6-27)19(29)14-9-33-22(23-14)24-7-13(8-24)34-18-11(3)16-15(12(4)28)20(30)26(16)17(18)21(31)32/h9-13,15-16,27-28H,5-8H2,1-4H3,(H,31,32)/t11-,12-,15?,16?/m1/s1. The number of anilines is 1. The summed E-state index contributed by atoms with van der Waals surface area (Å²) in [5, 5.41) is 31.6. The molecule has 12 heteroatoms. The molecule has 3 aliphatic heterocycles. The Bertz CT molecular complexity index is 1020. The van der Waals surface area contributed by atoms with Crippen LogP contribution in [0.25, 0.3) is 0 Å². The van der Waals surface area contributed by atoms with Crippen LogP contribution in [0.5, 0.6) is 0 Å². The fraction of sp³-hybridized carbons (Fsp3) is 0.636. The Labute approximate surface area is 206 Å². The lowest BCUT2D eigenvalue weighted by molar-refractivity contribution is -0.163. The van der Waals surface area contributed by atoms with E-state index < -0.39 is 18.0 Å². The minimum Gasteiger partial charge on any atom is -0.477 e. The molecular weight excluding hydrogens is 480 g/mol. The number of aliphatic hydroxyl groups excluding tert-OH is 2. The zero-order chi connectivity index (χ0) is 24.9. The maximum Gasteiger partial charge on any atom is 0.353 e. The van der Waals surface area contributed by atoms with E-state index >= 15 is 0 Å². The number of fused-ring (bicyclic) bond motifs is 1. The highest BCUT2D eigenvalue weighted by Crippen LogP contribution is 2.52. The molecule has 34 heavy (non-hydrogen) atoms. The monoisotopic (exact) mass is 510 g/mol. The van der Waals surface area contributed by atoms with E-state index in [9.17, 15) is 29.7 Å². The molecule has 0 bridgehead atoms. The van der Waals surface area contributed by atoms with Crippen molar-refractivity contribution in [3.8, 4) is 0 Å². The number of hydrogen-bond donors (Lipinski definition) is 3. The summed E-state index contributed by atoms with van der Waals surface area (Å²) < 4.78 is 0. The van der Waals surface area contributed by atoms with Gasteiger partial charge in [0.15, 0.2) is 5.13 Å². The molecule has 0 aliphatic carbocycles. The fourth-order valence-corrected chi connectivity index (χ4v) is 7.22. The molecule has 3 aliphatic rings. The number of rotatable bonds is 9. The van der Waals surface area contributed by atoms with Crippen molar-refractivity contribution < 1.29 is 29.7 Å². The van der Waals surface area contributed by atoms with Crippen LogP contribution in [-0.2, 0) is 9.59 Å². The van der Waals surface area contributed by atoms with Crippen molar-refractivity contribution in [1.29, 1.82) is 0 Å². The highest BCUT2D eigenvalue weighted by atomic mass is 32.2. The molecule has 1 aromatic heterocycles. The van der Waals surface area contributed by atoms with Crippen molar-refractivity contribution in [1.82, 2.24) is 14.8 Å². The number of carboxylic acid groups (broad SMARTS) is 1. The first kappa shape index (κ1) is 25.0. The van der Waals surface area contributed by atoms with Crippen molar-refractivity contribution in [3.05, 3.63) is 21.7 Å². The number of aliphatic hydroxyl groups is 2. The second kappa shape index (κ2) is 9.48. The highest BCUT2D eigenvalue weighted by Gasteiger charge is 2.60. The molecule has 0 spiro atoms. The number of β-lactam (4-membered cyclic amide) rings is 1. The predicted molar refractivity (Wildman–Crippen MR) is 129 cm³/mol. The Morgan fingerprint density at radius 3 is 2.56 bits per heavy atom. The van der Waals surface area contributed by atoms with Gasteiger partial charge in [0.25, 0.3) is 5.91 Å². The van der Waals surface area contributed by atoms with Crippen LogP contribution in [0.2, 0.25) is 0 Å². The SMILES string of the molecule is CC(C)N(CCO)C(=O)c1csc(N2CC(SC3=C(C(=O)O)N4C(=O)C([C@@H](C)O)C4[C@H]3C)C2)n1. The normalized spacial score (nSPS) is 25.4. The number of aromatic nitrogens is 1. The summed E-state index contributed by atoms with van der Waals surface area (Å²) in [7, 11) is 0. The van der Waals surface area contributed by atoms with Gasteiger partial charge in [0.1, 0.15) is 11.4 Å². The smallest absolute Gasteiger partial charge is 0.353 e. The topological polar surface area (TPSA) is 135 Å². The largest absolute Gasteiger partial charge is 0.477 e. The van der Waals surface area contributed by atoms with Crippen molar-refractivity contribution in [2.24, 2.45) is 11.8 Å². The fourth-order valence-electron chi connectivity index (χ4n) is 4.88. The third-order valence-corrected chi connectivity index (χ3v) is 9.01. The van der Waals surface area contributed by atoms with Gasteiger partial charge in [-0.3, -0.25) is 9.59 Å². The van der Waals surface area contributed by atoms with Crippen molar-refractivity contribution in [3.63, 3.8) is 0 Å². The van der Waals surface area contributed by atoms with Gasteiger partial charge >= 0.3 is 5.97 Å². The van der Waals surface area contributed by atoms with Crippen LogP contribution in [0.3, 0.4) is 0 Å². The number of hydrogen-bond acceptors (Lipinski definition) is 9. The molecule has 1 aromatic rings. The summed E-state index contributed by atoms with van der Waals surface area (Å²) in [6, 6.07) is -0.362. The van der Waals surface area contributed by atoms with Crippen LogP contribution in [-0.4, -0.2) is 97.6 Å². The molecule has 186 valence electrons. The van der Waals surface area contributed by atoms with Crippen LogP contribution < -0.4 is 4.90 Å². The molecule has 4 atom stereocenters. The zero-order valence-electron chi connectivity index (χ0n) is 19.5. The summed E-state index contributed by atoms with van der Waals surface area (Å²) in [4.78, 5) is 47.3. The first-order valence-electron chi connectivity index (χ1n) is 11.3. The van der Waals surface area contributed by atoms with Gasteiger partial charge in [-0.15, -0.1) is 23.1 Å². The average molecular weight is 511 g/mol. The molecule has 0 radical (unpaired) electrons. The molecule has 2 saturated heterocycles. The van der Waals surface area contributed by atoms with Crippen molar-refractivity contribution in [2.75, 3.05) is 31.1 Å². The number of thiazole rings is 1. The summed E-state index contributed by atoms with van der Waals surface area (Å²) in [5.74, 6) is -2.38. The Balaban J connectivity index is 1.41. The number of amides is 2. The number of carboxylic acids is 1. The minimum atomic E-state index is -1.12. The third-order valence-electron chi connectivity index (χ3n) is 6.66. The van der Waals surface area contributed by atoms with Crippen LogP contribution >= 0.6 is 23.1 Å². The third kappa shape index (κ3) is 4.10. The summed E-state index contributed by atoms with van der Waals surface area (Å²) in [6.07, 6.45) is -0.819. The Morgan fingerprint density at radius 1 is 1.32 bits per heavy atom. The number of aliphatic carboxylic acids is 1. The van der Waals surface area contributed by atoms with Crippen LogP contribution in [0.1, 0.15) is 38.2 Å². The molecule has 2 amide bonds. The van der Waals surface area contributed by atoms with Crippen LogP contribution in [0.15, 0.2) is 16.0 Å². The van der Waals surface area contributed by atoms with E-state index in [1.54, 1.807) is 17.2 Å². The first-order valence-corrected chi connectivity index (χ1v) is 13.1.